The molecule has 94 valence electrons. The van der Waals surface area contributed by atoms with Gasteiger partial charge in [-0.15, -0.1) is 0 Å². The van der Waals surface area contributed by atoms with Crippen molar-refractivity contribution in [2.75, 3.05) is 30.4 Å². The van der Waals surface area contributed by atoms with Crippen LogP contribution in [0.25, 0.3) is 0 Å². The maximum absolute atomic E-state index is 4.26. The first-order valence-electron chi connectivity index (χ1n) is 6.39. The van der Waals surface area contributed by atoms with E-state index < -0.39 is 0 Å². The van der Waals surface area contributed by atoms with Gasteiger partial charge in [0.15, 0.2) is 0 Å². The molecule has 1 fully saturated rings. The number of pyridine rings is 1. The highest BCUT2D eigenvalue weighted by atomic mass is 15.2. The molecular weight excluding hydrogens is 210 g/mol. The van der Waals surface area contributed by atoms with Crippen LogP contribution in [-0.4, -0.2) is 25.1 Å². The van der Waals surface area contributed by atoms with Crippen LogP contribution in [-0.2, 0) is 0 Å². The Morgan fingerprint density at radius 2 is 2.18 bits per heavy atom. The molecule has 0 aliphatic carbocycles. The Labute approximate surface area is 104 Å². The fourth-order valence-electron chi connectivity index (χ4n) is 2.45. The van der Waals surface area contributed by atoms with Crippen molar-refractivity contribution in [2.45, 2.75) is 27.2 Å². The minimum Gasteiger partial charge on any atom is -0.373 e. The predicted molar refractivity (Wildman–Crippen MR) is 73.6 cm³/mol. The lowest BCUT2D eigenvalue weighted by Gasteiger charge is -2.27. The zero-order valence-corrected chi connectivity index (χ0v) is 11.3. The van der Waals surface area contributed by atoms with E-state index in [0.717, 1.165) is 24.8 Å². The highest BCUT2D eigenvalue weighted by Crippen LogP contribution is 2.35. The van der Waals surface area contributed by atoms with Gasteiger partial charge in [-0.25, -0.2) is 4.98 Å². The summed E-state index contributed by atoms with van der Waals surface area (Å²) in [5.74, 6) is 1.73. The summed E-state index contributed by atoms with van der Waals surface area (Å²) in [4.78, 5) is 6.73. The van der Waals surface area contributed by atoms with E-state index in [0.29, 0.717) is 5.41 Å². The molecule has 0 spiro atoms. The number of hydrogen-bond acceptors (Lipinski definition) is 3. The first-order chi connectivity index (χ1) is 8.00. The van der Waals surface area contributed by atoms with Gasteiger partial charge in [0, 0.05) is 38.1 Å². The quantitative estimate of drug-likeness (QED) is 0.851. The van der Waals surface area contributed by atoms with E-state index in [1.807, 2.05) is 13.2 Å². The Morgan fingerprint density at radius 1 is 1.41 bits per heavy atom. The van der Waals surface area contributed by atoms with E-state index in [-0.39, 0.29) is 0 Å². The van der Waals surface area contributed by atoms with Gasteiger partial charge in [-0.05, 0) is 23.8 Å². The van der Waals surface area contributed by atoms with Crippen LogP contribution in [0.4, 0.5) is 11.5 Å². The van der Waals surface area contributed by atoms with Crippen molar-refractivity contribution in [1.82, 2.24) is 4.98 Å². The Balaban J connectivity index is 2.09. The lowest BCUT2D eigenvalue weighted by Crippen LogP contribution is -2.25. The van der Waals surface area contributed by atoms with E-state index in [2.05, 4.69) is 48.1 Å². The third-order valence-corrected chi connectivity index (χ3v) is 3.78. The Kier molecular flexibility index (Phi) is 3.27. The summed E-state index contributed by atoms with van der Waals surface area (Å²) in [6.07, 6.45) is 3.17. The van der Waals surface area contributed by atoms with Crippen LogP contribution < -0.4 is 10.2 Å². The van der Waals surface area contributed by atoms with Gasteiger partial charge in [-0.3, -0.25) is 0 Å². The number of nitrogens with one attached hydrogen (secondary N) is 1. The van der Waals surface area contributed by atoms with E-state index >= 15 is 0 Å². The third-order valence-electron chi connectivity index (χ3n) is 3.78. The SMILES string of the molecule is CNc1cc(N2CCC(C(C)(C)C)C2)ccn1. The van der Waals surface area contributed by atoms with Gasteiger partial charge in [-0.2, -0.15) is 0 Å². The maximum atomic E-state index is 4.26. The van der Waals surface area contributed by atoms with Crippen molar-refractivity contribution in [3.05, 3.63) is 18.3 Å². The molecule has 3 heteroatoms. The molecule has 0 saturated carbocycles. The summed E-state index contributed by atoms with van der Waals surface area (Å²) in [7, 11) is 1.91. The number of hydrogen-bond donors (Lipinski definition) is 1. The molecule has 1 aliphatic rings. The molecule has 1 aliphatic heterocycles. The van der Waals surface area contributed by atoms with Gasteiger partial charge in [0.1, 0.15) is 5.82 Å². The molecule has 0 radical (unpaired) electrons. The highest BCUT2D eigenvalue weighted by molar-refractivity contribution is 5.54. The molecule has 2 rings (SSSR count). The summed E-state index contributed by atoms with van der Waals surface area (Å²) in [5.41, 5.74) is 1.70. The van der Waals surface area contributed by atoms with E-state index in [9.17, 15) is 0 Å². The monoisotopic (exact) mass is 233 g/mol. The average molecular weight is 233 g/mol. The molecule has 0 aromatic carbocycles. The minimum atomic E-state index is 0.410. The normalized spacial score (nSPS) is 20.7. The van der Waals surface area contributed by atoms with E-state index in [4.69, 9.17) is 0 Å². The van der Waals surface area contributed by atoms with Gasteiger partial charge in [-0.1, -0.05) is 20.8 Å². The van der Waals surface area contributed by atoms with Crippen molar-refractivity contribution >= 4 is 11.5 Å². The first kappa shape index (κ1) is 12.2. The summed E-state index contributed by atoms with van der Waals surface area (Å²) >= 11 is 0. The van der Waals surface area contributed by atoms with Crippen molar-refractivity contribution in [3.8, 4) is 0 Å². The molecule has 3 nitrogen and oxygen atoms in total. The predicted octanol–water partition coefficient (Wildman–Crippen LogP) is 3.00. The van der Waals surface area contributed by atoms with Crippen LogP contribution in [0.3, 0.4) is 0 Å². The largest absolute Gasteiger partial charge is 0.373 e. The maximum Gasteiger partial charge on any atom is 0.127 e. The van der Waals surface area contributed by atoms with Crippen LogP contribution in [0, 0.1) is 11.3 Å². The first-order valence-corrected chi connectivity index (χ1v) is 6.39. The zero-order valence-electron chi connectivity index (χ0n) is 11.3. The zero-order chi connectivity index (χ0) is 12.5. The smallest absolute Gasteiger partial charge is 0.127 e. The van der Waals surface area contributed by atoms with Crippen LogP contribution in [0.5, 0.6) is 0 Å². The number of aromatic nitrogens is 1. The molecular formula is C14H23N3. The van der Waals surface area contributed by atoms with Crippen LogP contribution >= 0.6 is 0 Å². The summed E-state index contributed by atoms with van der Waals surface area (Å²) in [5, 5.41) is 3.09. The van der Waals surface area contributed by atoms with E-state index in [1.165, 1.54) is 12.1 Å². The molecule has 1 unspecified atom stereocenters. The van der Waals surface area contributed by atoms with Gasteiger partial charge in [0.25, 0.3) is 0 Å². The summed E-state index contributed by atoms with van der Waals surface area (Å²) in [6.45, 7) is 9.35. The molecule has 1 atom stereocenters. The lowest BCUT2D eigenvalue weighted by atomic mass is 9.80. The van der Waals surface area contributed by atoms with Crippen molar-refractivity contribution in [3.63, 3.8) is 0 Å². The third kappa shape index (κ3) is 2.71. The number of nitrogens with zero attached hydrogens (tertiary/aromatic N) is 2. The molecule has 2 heterocycles. The Bertz CT molecular complexity index is 381. The fraction of sp³-hybridized carbons (Fsp3) is 0.643. The number of rotatable bonds is 2. The molecule has 1 aromatic rings. The molecule has 1 saturated heterocycles. The lowest BCUT2D eigenvalue weighted by molar-refractivity contribution is 0.263. The standard InChI is InChI=1S/C14H23N3/c1-14(2,3)11-6-8-17(10-11)12-5-7-16-13(9-12)15-4/h5,7,9,11H,6,8,10H2,1-4H3,(H,15,16). The molecule has 1 aromatic heterocycles. The summed E-state index contributed by atoms with van der Waals surface area (Å²) < 4.78 is 0. The minimum absolute atomic E-state index is 0.410. The van der Waals surface area contributed by atoms with Crippen LogP contribution in [0.2, 0.25) is 0 Å². The average Bonchev–Trinajstić information content (AvgIpc) is 2.78. The van der Waals surface area contributed by atoms with Crippen LogP contribution in [0.1, 0.15) is 27.2 Å². The molecule has 1 N–H and O–H groups in total. The van der Waals surface area contributed by atoms with Crippen molar-refractivity contribution < 1.29 is 0 Å². The Hall–Kier alpha value is -1.25. The van der Waals surface area contributed by atoms with Crippen molar-refractivity contribution in [1.29, 1.82) is 0 Å². The van der Waals surface area contributed by atoms with Crippen molar-refractivity contribution in [2.24, 2.45) is 11.3 Å². The second-order valence-electron chi connectivity index (χ2n) is 5.95. The molecule has 0 bridgehead atoms. The number of anilines is 2. The summed E-state index contributed by atoms with van der Waals surface area (Å²) in [6, 6.07) is 4.23. The van der Waals surface area contributed by atoms with E-state index in [1.54, 1.807) is 0 Å². The van der Waals surface area contributed by atoms with Gasteiger partial charge in [0.05, 0.1) is 0 Å². The molecule has 17 heavy (non-hydrogen) atoms. The Morgan fingerprint density at radius 3 is 2.76 bits per heavy atom. The fourth-order valence-corrected chi connectivity index (χ4v) is 2.45. The van der Waals surface area contributed by atoms with Crippen LogP contribution in [0.15, 0.2) is 18.3 Å². The topological polar surface area (TPSA) is 28.2 Å². The highest BCUT2D eigenvalue weighted by Gasteiger charge is 2.31. The van der Waals surface area contributed by atoms with Gasteiger partial charge >= 0.3 is 0 Å². The molecule has 0 amide bonds. The second-order valence-corrected chi connectivity index (χ2v) is 5.95. The van der Waals surface area contributed by atoms with Gasteiger partial charge in [0.2, 0.25) is 0 Å². The second kappa shape index (κ2) is 4.55. The van der Waals surface area contributed by atoms with Gasteiger partial charge < -0.3 is 10.2 Å².